The van der Waals surface area contributed by atoms with Crippen molar-refractivity contribution >= 4 is 11.8 Å². The van der Waals surface area contributed by atoms with Crippen LogP contribution >= 0.6 is 0 Å². The number of benzene rings is 1. The Morgan fingerprint density at radius 2 is 2.15 bits per heavy atom. The van der Waals surface area contributed by atoms with Gasteiger partial charge in [-0.2, -0.15) is 0 Å². The molecule has 1 fully saturated rings. The second kappa shape index (κ2) is 7.40. The molecular formula is C21H25N4O2+. The Hall–Kier alpha value is -2.86. The van der Waals surface area contributed by atoms with E-state index in [1.165, 1.54) is 16.2 Å². The summed E-state index contributed by atoms with van der Waals surface area (Å²) in [7, 11) is 2.06. The number of carbonyl (C=O) groups excluding carboxylic acids is 1. The average molecular weight is 365 g/mol. The van der Waals surface area contributed by atoms with E-state index in [-0.39, 0.29) is 5.91 Å². The molecule has 0 saturated carbocycles. The molecule has 2 aromatic heterocycles. The van der Waals surface area contributed by atoms with Gasteiger partial charge in [-0.15, -0.1) is 0 Å². The number of amides is 1. The van der Waals surface area contributed by atoms with Crippen LogP contribution < -0.4 is 10.2 Å². The third-order valence-electron chi connectivity index (χ3n) is 5.33. The molecule has 4 rings (SSSR count). The molecule has 2 atom stereocenters. The predicted molar refractivity (Wildman–Crippen MR) is 103 cm³/mol. The minimum absolute atomic E-state index is 0.0438. The van der Waals surface area contributed by atoms with Gasteiger partial charge in [0, 0.05) is 37.7 Å². The van der Waals surface area contributed by atoms with Crippen LogP contribution in [0.5, 0.6) is 0 Å². The van der Waals surface area contributed by atoms with E-state index < -0.39 is 0 Å². The molecule has 140 valence electrons. The average Bonchev–Trinajstić information content (AvgIpc) is 3.37. The molecule has 1 amide bonds. The van der Waals surface area contributed by atoms with E-state index in [4.69, 9.17) is 4.52 Å². The molecule has 1 aliphatic rings. The molecule has 0 aliphatic carbocycles. The van der Waals surface area contributed by atoms with Crippen molar-refractivity contribution in [2.45, 2.75) is 25.8 Å². The van der Waals surface area contributed by atoms with Gasteiger partial charge in [0.15, 0.2) is 6.54 Å². The Labute approximate surface area is 158 Å². The standard InChI is InChI=1S/C21H24N4O2/c1-15-7-9-16(10-8-15)17-13-21(27-23-17)22-20(26)14-25-12-4-6-19(25)18-5-3-11-24(18)2/h3,5,7-11,13,19H,4,6,12,14H2,1-2H3,(H,22,26)/p+1/t19-/m1/s1. The molecule has 1 aliphatic heterocycles. The highest BCUT2D eigenvalue weighted by atomic mass is 16.5. The number of rotatable bonds is 5. The zero-order chi connectivity index (χ0) is 18.8. The third kappa shape index (κ3) is 3.80. The largest absolute Gasteiger partial charge is 0.350 e. The van der Waals surface area contributed by atoms with E-state index in [1.807, 2.05) is 31.2 Å². The van der Waals surface area contributed by atoms with Gasteiger partial charge in [0.05, 0.1) is 12.2 Å². The van der Waals surface area contributed by atoms with Crippen LogP contribution in [0.15, 0.2) is 53.2 Å². The minimum atomic E-state index is -0.0438. The molecule has 0 spiro atoms. The van der Waals surface area contributed by atoms with Crippen molar-refractivity contribution in [3.63, 3.8) is 0 Å². The maximum absolute atomic E-state index is 12.5. The fourth-order valence-electron chi connectivity index (χ4n) is 3.90. The second-order valence-electron chi connectivity index (χ2n) is 7.31. The first kappa shape index (κ1) is 17.5. The Bertz CT molecular complexity index is 926. The van der Waals surface area contributed by atoms with Crippen molar-refractivity contribution in [3.05, 3.63) is 59.9 Å². The van der Waals surface area contributed by atoms with Crippen molar-refractivity contribution in [1.29, 1.82) is 0 Å². The summed E-state index contributed by atoms with van der Waals surface area (Å²) < 4.78 is 7.46. The van der Waals surface area contributed by atoms with Crippen LogP contribution in [-0.2, 0) is 11.8 Å². The highest BCUT2D eigenvalue weighted by molar-refractivity contribution is 5.90. The number of likely N-dealkylation sites (tertiary alicyclic amines) is 1. The maximum Gasteiger partial charge on any atom is 0.281 e. The molecule has 3 aromatic rings. The summed E-state index contributed by atoms with van der Waals surface area (Å²) in [5.74, 6) is 0.349. The van der Waals surface area contributed by atoms with Gasteiger partial charge < -0.3 is 14.0 Å². The van der Waals surface area contributed by atoms with E-state index in [0.717, 1.165) is 30.6 Å². The summed E-state index contributed by atoms with van der Waals surface area (Å²) in [6.07, 6.45) is 4.31. The lowest BCUT2D eigenvalue weighted by Crippen LogP contribution is -3.11. The smallest absolute Gasteiger partial charge is 0.281 e. The number of anilines is 1. The van der Waals surface area contributed by atoms with Crippen molar-refractivity contribution in [2.75, 3.05) is 18.4 Å². The van der Waals surface area contributed by atoms with Crippen LogP contribution in [0.1, 0.15) is 30.1 Å². The highest BCUT2D eigenvalue weighted by Gasteiger charge is 2.33. The monoisotopic (exact) mass is 365 g/mol. The number of carbonyl (C=O) groups is 1. The molecule has 0 bridgehead atoms. The van der Waals surface area contributed by atoms with Crippen molar-refractivity contribution in [2.24, 2.45) is 7.05 Å². The van der Waals surface area contributed by atoms with Crippen LogP contribution in [-0.4, -0.2) is 28.7 Å². The molecule has 1 saturated heterocycles. The zero-order valence-corrected chi connectivity index (χ0v) is 15.7. The van der Waals surface area contributed by atoms with Gasteiger partial charge in [-0.3, -0.25) is 10.1 Å². The number of hydrogen-bond acceptors (Lipinski definition) is 3. The Morgan fingerprint density at radius 3 is 2.89 bits per heavy atom. The molecule has 0 radical (unpaired) electrons. The number of hydrogen-bond donors (Lipinski definition) is 2. The molecule has 6 heteroatoms. The van der Waals surface area contributed by atoms with Gasteiger partial charge in [0.1, 0.15) is 11.7 Å². The zero-order valence-electron chi connectivity index (χ0n) is 15.7. The van der Waals surface area contributed by atoms with Gasteiger partial charge in [-0.25, -0.2) is 0 Å². The lowest BCUT2D eigenvalue weighted by atomic mass is 10.1. The van der Waals surface area contributed by atoms with Crippen molar-refractivity contribution < 1.29 is 14.2 Å². The van der Waals surface area contributed by atoms with Gasteiger partial charge in [-0.05, 0) is 19.1 Å². The quantitative estimate of drug-likeness (QED) is 0.729. The Kier molecular flexibility index (Phi) is 4.81. The Balaban J connectivity index is 1.39. The fraction of sp³-hybridized carbons (Fsp3) is 0.333. The Morgan fingerprint density at radius 1 is 1.33 bits per heavy atom. The van der Waals surface area contributed by atoms with E-state index in [1.54, 1.807) is 6.07 Å². The van der Waals surface area contributed by atoms with Gasteiger partial charge in [0.25, 0.3) is 5.91 Å². The van der Waals surface area contributed by atoms with E-state index >= 15 is 0 Å². The summed E-state index contributed by atoms with van der Waals surface area (Å²) in [5.41, 5.74) is 4.17. The summed E-state index contributed by atoms with van der Waals surface area (Å²) in [6, 6.07) is 14.4. The number of aryl methyl sites for hydroxylation is 2. The number of nitrogens with zero attached hydrogens (tertiary/aromatic N) is 2. The fourth-order valence-corrected chi connectivity index (χ4v) is 3.90. The van der Waals surface area contributed by atoms with Crippen LogP contribution in [0.25, 0.3) is 11.3 Å². The number of aromatic nitrogens is 2. The summed E-state index contributed by atoms with van der Waals surface area (Å²) in [4.78, 5) is 13.8. The molecule has 27 heavy (non-hydrogen) atoms. The third-order valence-corrected chi connectivity index (χ3v) is 5.33. The first-order chi connectivity index (χ1) is 13.1. The van der Waals surface area contributed by atoms with Gasteiger partial charge >= 0.3 is 0 Å². The second-order valence-corrected chi connectivity index (χ2v) is 7.31. The minimum Gasteiger partial charge on any atom is -0.350 e. The predicted octanol–water partition coefficient (Wildman–Crippen LogP) is 2.35. The van der Waals surface area contributed by atoms with E-state index in [2.05, 4.69) is 40.4 Å². The molecule has 6 nitrogen and oxygen atoms in total. The van der Waals surface area contributed by atoms with E-state index in [0.29, 0.717) is 18.5 Å². The maximum atomic E-state index is 12.5. The van der Waals surface area contributed by atoms with Crippen LogP contribution in [0.2, 0.25) is 0 Å². The normalized spacial score (nSPS) is 19.3. The SMILES string of the molecule is Cc1ccc(-c2cc(NC(=O)C[NH+]3CCC[C@@H]3c3cccn3C)on2)cc1. The van der Waals surface area contributed by atoms with Crippen molar-refractivity contribution in [1.82, 2.24) is 9.72 Å². The summed E-state index contributed by atoms with van der Waals surface area (Å²) in [6.45, 7) is 3.48. The molecule has 1 unspecified atom stereocenters. The number of nitrogens with one attached hydrogen (secondary N) is 2. The highest BCUT2D eigenvalue weighted by Crippen LogP contribution is 2.22. The van der Waals surface area contributed by atoms with Crippen molar-refractivity contribution in [3.8, 4) is 11.3 Å². The van der Waals surface area contributed by atoms with E-state index in [9.17, 15) is 4.79 Å². The first-order valence-electron chi connectivity index (χ1n) is 9.39. The summed E-state index contributed by atoms with van der Waals surface area (Å²) >= 11 is 0. The topological polar surface area (TPSA) is 64.5 Å². The lowest BCUT2D eigenvalue weighted by Gasteiger charge is -2.21. The molecular weight excluding hydrogens is 340 g/mol. The van der Waals surface area contributed by atoms with Crippen LogP contribution in [0, 0.1) is 6.92 Å². The molecule has 2 N–H and O–H groups in total. The molecule has 1 aromatic carbocycles. The first-order valence-corrected chi connectivity index (χ1v) is 9.39. The van der Waals surface area contributed by atoms with Crippen LogP contribution in [0.4, 0.5) is 5.88 Å². The summed E-state index contributed by atoms with van der Waals surface area (Å²) in [5, 5.41) is 6.92. The van der Waals surface area contributed by atoms with Gasteiger partial charge in [0.2, 0.25) is 5.88 Å². The van der Waals surface area contributed by atoms with Crippen LogP contribution in [0.3, 0.4) is 0 Å². The van der Waals surface area contributed by atoms with Gasteiger partial charge in [-0.1, -0.05) is 35.0 Å². The molecule has 3 heterocycles. The lowest BCUT2D eigenvalue weighted by molar-refractivity contribution is -0.910. The number of quaternary nitrogens is 1.